The van der Waals surface area contributed by atoms with Gasteiger partial charge in [-0.15, -0.1) is 0 Å². The van der Waals surface area contributed by atoms with E-state index in [4.69, 9.17) is 0 Å². The summed E-state index contributed by atoms with van der Waals surface area (Å²) in [4.78, 5) is 40.6. The van der Waals surface area contributed by atoms with Gasteiger partial charge >= 0.3 is 5.69 Å². The quantitative estimate of drug-likeness (QED) is 0.575. The van der Waals surface area contributed by atoms with Gasteiger partial charge in [-0.25, -0.2) is 9.78 Å². The highest BCUT2D eigenvalue weighted by atomic mass is 32.2. The van der Waals surface area contributed by atoms with E-state index >= 15 is 0 Å². The molecule has 0 radical (unpaired) electrons. The number of hydrogen-bond donors (Lipinski definition) is 1. The summed E-state index contributed by atoms with van der Waals surface area (Å²) in [5, 5.41) is 0.449. The molecule has 0 aromatic carbocycles. The molecule has 2 heterocycles. The van der Waals surface area contributed by atoms with Gasteiger partial charge in [0.05, 0.1) is 5.75 Å². The predicted molar refractivity (Wildman–Crippen MR) is 63.4 cm³/mol. The Kier molecular flexibility index (Phi) is 2.88. The first-order valence-corrected chi connectivity index (χ1v) is 5.77. The number of thioether (sulfide) groups is 1. The standard InChI is InChI=1S/C9H10N4O3S/c1-12-6-5(7(15)13(2)9(12)16)10-8(11-6)17-4-3-14/h3H,4H2,1-2H3,(H,10,11). The van der Waals surface area contributed by atoms with E-state index in [1.54, 1.807) is 7.05 Å². The first-order valence-electron chi connectivity index (χ1n) is 4.78. The normalized spacial score (nSPS) is 10.9. The summed E-state index contributed by atoms with van der Waals surface area (Å²) in [6, 6.07) is 0. The van der Waals surface area contributed by atoms with Gasteiger partial charge < -0.3 is 9.78 Å². The molecule has 0 unspecified atom stereocenters. The number of aromatic amines is 1. The number of fused-ring (bicyclic) bond motifs is 1. The van der Waals surface area contributed by atoms with E-state index in [9.17, 15) is 14.4 Å². The number of carbonyl (C=O) groups is 1. The van der Waals surface area contributed by atoms with Crippen LogP contribution in [0.3, 0.4) is 0 Å². The number of nitrogens with one attached hydrogen (secondary N) is 1. The average molecular weight is 254 g/mol. The number of aldehydes is 1. The Labute approximate surface area is 99.5 Å². The van der Waals surface area contributed by atoms with E-state index in [1.165, 1.54) is 23.4 Å². The predicted octanol–water partition coefficient (Wildman–Crippen LogP) is -0.749. The number of aryl methyl sites for hydroxylation is 1. The van der Waals surface area contributed by atoms with Gasteiger partial charge in [-0.1, -0.05) is 11.8 Å². The SMILES string of the molecule is Cn1c(=O)c2[nH]c(SCC=O)nc2n(C)c1=O. The largest absolute Gasteiger partial charge is 0.332 e. The Hall–Kier alpha value is -1.83. The van der Waals surface area contributed by atoms with Gasteiger partial charge in [-0.05, 0) is 0 Å². The van der Waals surface area contributed by atoms with E-state index in [0.29, 0.717) is 10.8 Å². The molecule has 0 aliphatic carbocycles. The van der Waals surface area contributed by atoms with Gasteiger partial charge in [0.1, 0.15) is 6.29 Å². The molecule has 8 heteroatoms. The fourth-order valence-corrected chi connectivity index (χ4v) is 2.04. The van der Waals surface area contributed by atoms with Crippen LogP contribution in [0.5, 0.6) is 0 Å². The van der Waals surface area contributed by atoms with Crippen LogP contribution in [0.15, 0.2) is 14.7 Å². The van der Waals surface area contributed by atoms with Crippen LogP contribution in [-0.2, 0) is 18.9 Å². The van der Waals surface area contributed by atoms with Crippen molar-refractivity contribution in [2.24, 2.45) is 14.1 Å². The van der Waals surface area contributed by atoms with Crippen LogP contribution in [0.4, 0.5) is 0 Å². The molecule has 0 fully saturated rings. The highest BCUT2D eigenvalue weighted by Gasteiger charge is 2.13. The zero-order valence-corrected chi connectivity index (χ0v) is 10.1. The molecule has 0 bridgehead atoms. The summed E-state index contributed by atoms with van der Waals surface area (Å²) in [7, 11) is 2.95. The second-order valence-corrected chi connectivity index (χ2v) is 4.43. The second-order valence-electron chi connectivity index (χ2n) is 3.42. The van der Waals surface area contributed by atoms with Crippen LogP contribution in [0.25, 0.3) is 11.2 Å². The van der Waals surface area contributed by atoms with Gasteiger partial charge in [0.15, 0.2) is 16.3 Å². The molecule has 0 spiro atoms. The van der Waals surface area contributed by atoms with Crippen molar-refractivity contribution >= 4 is 29.2 Å². The fourth-order valence-electron chi connectivity index (χ4n) is 1.49. The average Bonchev–Trinajstić information content (AvgIpc) is 2.75. The smallest absolute Gasteiger partial charge is 0.327 e. The Bertz CT molecular complexity index is 697. The number of nitrogens with zero attached hydrogens (tertiary/aromatic N) is 3. The van der Waals surface area contributed by atoms with Crippen molar-refractivity contribution in [2.45, 2.75) is 5.16 Å². The van der Waals surface area contributed by atoms with Crippen molar-refractivity contribution in [1.82, 2.24) is 19.1 Å². The lowest BCUT2D eigenvalue weighted by Gasteiger charge is -2.00. The van der Waals surface area contributed by atoms with Crippen molar-refractivity contribution in [3.05, 3.63) is 20.8 Å². The maximum absolute atomic E-state index is 11.8. The first kappa shape index (κ1) is 11.6. The van der Waals surface area contributed by atoms with Crippen molar-refractivity contribution in [3.8, 4) is 0 Å². The first-order chi connectivity index (χ1) is 8.06. The highest BCUT2D eigenvalue weighted by molar-refractivity contribution is 7.99. The number of H-pyrrole nitrogens is 1. The van der Waals surface area contributed by atoms with Crippen molar-refractivity contribution in [2.75, 3.05) is 5.75 Å². The maximum Gasteiger partial charge on any atom is 0.332 e. The molecule has 2 rings (SSSR count). The summed E-state index contributed by atoms with van der Waals surface area (Å²) in [5.41, 5.74) is -0.288. The van der Waals surface area contributed by atoms with Gasteiger partial charge in [0.2, 0.25) is 0 Å². The molecule has 90 valence electrons. The molecule has 2 aromatic rings. The molecular formula is C9H10N4O3S. The van der Waals surface area contributed by atoms with Crippen LogP contribution < -0.4 is 11.2 Å². The Morgan fingerprint density at radius 3 is 2.71 bits per heavy atom. The van der Waals surface area contributed by atoms with Crippen LogP contribution in [0.2, 0.25) is 0 Å². The van der Waals surface area contributed by atoms with E-state index in [1.807, 2.05) is 0 Å². The number of aromatic nitrogens is 4. The van der Waals surface area contributed by atoms with Crippen LogP contribution in [-0.4, -0.2) is 31.1 Å². The number of rotatable bonds is 3. The van der Waals surface area contributed by atoms with Crippen molar-refractivity contribution in [3.63, 3.8) is 0 Å². The lowest BCUT2D eigenvalue weighted by molar-refractivity contribution is -0.105. The van der Waals surface area contributed by atoms with E-state index in [2.05, 4.69) is 9.97 Å². The van der Waals surface area contributed by atoms with Crippen molar-refractivity contribution < 1.29 is 4.79 Å². The van der Waals surface area contributed by atoms with E-state index in [0.717, 1.165) is 10.9 Å². The Morgan fingerprint density at radius 2 is 2.06 bits per heavy atom. The summed E-state index contributed by atoms with van der Waals surface area (Å²) < 4.78 is 2.30. The summed E-state index contributed by atoms with van der Waals surface area (Å²) in [5.74, 6) is 0.244. The van der Waals surface area contributed by atoms with Gasteiger partial charge in [-0.3, -0.25) is 13.9 Å². The third-order valence-corrected chi connectivity index (χ3v) is 3.13. The van der Waals surface area contributed by atoms with Crippen LogP contribution in [0.1, 0.15) is 0 Å². The molecule has 0 aliphatic heterocycles. The monoisotopic (exact) mass is 254 g/mol. The lowest BCUT2D eigenvalue weighted by Crippen LogP contribution is -2.36. The minimum atomic E-state index is -0.430. The van der Waals surface area contributed by atoms with E-state index < -0.39 is 11.2 Å². The summed E-state index contributed by atoms with van der Waals surface area (Å²) in [6.45, 7) is 0. The molecule has 0 saturated carbocycles. The second kappa shape index (κ2) is 4.21. The third kappa shape index (κ3) is 1.80. The zero-order chi connectivity index (χ0) is 12.6. The van der Waals surface area contributed by atoms with Gasteiger partial charge in [0, 0.05) is 14.1 Å². The van der Waals surface area contributed by atoms with Crippen LogP contribution >= 0.6 is 11.8 Å². The van der Waals surface area contributed by atoms with E-state index in [-0.39, 0.29) is 11.3 Å². The molecule has 7 nitrogen and oxygen atoms in total. The zero-order valence-electron chi connectivity index (χ0n) is 9.26. The Balaban J connectivity index is 2.72. The fraction of sp³-hybridized carbons (Fsp3) is 0.333. The number of carbonyl (C=O) groups excluding carboxylic acids is 1. The maximum atomic E-state index is 11.8. The molecular weight excluding hydrogens is 244 g/mol. The highest BCUT2D eigenvalue weighted by Crippen LogP contribution is 2.15. The molecule has 0 amide bonds. The van der Waals surface area contributed by atoms with Gasteiger partial charge in [-0.2, -0.15) is 0 Å². The molecule has 0 atom stereocenters. The lowest BCUT2D eigenvalue weighted by atomic mass is 10.5. The Morgan fingerprint density at radius 1 is 1.35 bits per heavy atom. The molecule has 0 saturated heterocycles. The number of hydrogen-bond acceptors (Lipinski definition) is 5. The third-order valence-electron chi connectivity index (χ3n) is 2.36. The minimum Gasteiger partial charge on any atom is -0.327 e. The minimum absolute atomic E-state index is 0.244. The molecule has 2 aromatic heterocycles. The molecule has 17 heavy (non-hydrogen) atoms. The summed E-state index contributed by atoms with van der Waals surface area (Å²) in [6.07, 6.45) is 0.745. The van der Waals surface area contributed by atoms with Crippen molar-refractivity contribution in [1.29, 1.82) is 0 Å². The number of imidazole rings is 1. The topological polar surface area (TPSA) is 89.8 Å². The molecule has 1 N–H and O–H groups in total. The molecule has 0 aliphatic rings. The summed E-state index contributed by atoms with van der Waals surface area (Å²) >= 11 is 1.18. The van der Waals surface area contributed by atoms with Gasteiger partial charge in [0.25, 0.3) is 5.56 Å². The van der Waals surface area contributed by atoms with Crippen LogP contribution in [0, 0.1) is 0 Å².